The highest BCUT2D eigenvalue weighted by Crippen LogP contribution is 2.60. The molecule has 0 N–H and O–H groups in total. The Kier molecular flexibility index (Phi) is 5.72. The van der Waals surface area contributed by atoms with Gasteiger partial charge in [-0.2, -0.15) is 0 Å². The van der Waals surface area contributed by atoms with Crippen molar-refractivity contribution >= 4 is 45.5 Å². The number of imide groups is 1. The summed E-state index contributed by atoms with van der Waals surface area (Å²) in [5, 5.41) is 3.12. The lowest BCUT2D eigenvalue weighted by molar-refractivity contribution is -0.158. The van der Waals surface area contributed by atoms with Gasteiger partial charge < -0.3 is 9.47 Å². The molecule has 3 aliphatic heterocycles. The van der Waals surface area contributed by atoms with E-state index in [0.29, 0.717) is 17.8 Å². The summed E-state index contributed by atoms with van der Waals surface area (Å²) in [6.07, 6.45) is -0.647. The maximum absolute atomic E-state index is 14.6. The molecule has 2 saturated heterocycles. The topological polar surface area (TPSA) is 96.5 Å². The summed E-state index contributed by atoms with van der Waals surface area (Å²) in [5.41, 5.74) is -0.985. The number of nitrogens with zero attached hydrogens (tertiary/aromatic N) is 3. The van der Waals surface area contributed by atoms with Crippen molar-refractivity contribution < 1.29 is 28.7 Å². The SMILES string of the molecule is COC(=O)[C@H]1N2C(=O)CCN2[C@@H](c2ccc(Br)cc2)C12C(=O)N(C(=O)OC(C)(C)C)c1ccccc12. The van der Waals surface area contributed by atoms with Gasteiger partial charge in [-0.25, -0.2) is 19.5 Å². The predicted molar refractivity (Wildman–Crippen MR) is 133 cm³/mol. The van der Waals surface area contributed by atoms with E-state index >= 15 is 0 Å². The standard InChI is InChI=1S/C26H26BrN3O6/c1-25(2,3)36-24(34)29-18-8-6-5-7-17(18)26(23(29)33)20(15-9-11-16(27)12-10-15)28-14-13-19(31)30(28)21(26)22(32)35-4/h5-12,20-21H,13-14H2,1-4H3/t20-,21+,26?/m0/s1. The summed E-state index contributed by atoms with van der Waals surface area (Å²) >= 11 is 3.45. The van der Waals surface area contributed by atoms with Gasteiger partial charge >= 0.3 is 12.1 Å². The summed E-state index contributed by atoms with van der Waals surface area (Å²) < 4.78 is 11.6. The van der Waals surface area contributed by atoms with Gasteiger partial charge in [-0.15, -0.1) is 0 Å². The number of hydrazine groups is 1. The maximum Gasteiger partial charge on any atom is 0.421 e. The van der Waals surface area contributed by atoms with Crippen molar-refractivity contribution in [2.75, 3.05) is 18.6 Å². The first-order valence-electron chi connectivity index (χ1n) is 11.6. The normalized spacial score (nSPS) is 25.4. The monoisotopic (exact) mass is 555 g/mol. The van der Waals surface area contributed by atoms with Crippen molar-refractivity contribution in [1.82, 2.24) is 10.0 Å². The fraction of sp³-hybridized carbons (Fsp3) is 0.385. The van der Waals surface area contributed by atoms with Crippen molar-refractivity contribution in [2.45, 2.75) is 50.3 Å². The third-order valence-electron chi connectivity index (χ3n) is 6.83. The first-order valence-corrected chi connectivity index (χ1v) is 12.4. The molecule has 36 heavy (non-hydrogen) atoms. The molecule has 0 saturated carbocycles. The average Bonchev–Trinajstić information content (AvgIpc) is 3.42. The molecule has 1 spiro atoms. The number of methoxy groups -OCH3 is 1. The minimum Gasteiger partial charge on any atom is -0.467 e. The van der Waals surface area contributed by atoms with Crippen molar-refractivity contribution in [3.05, 3.63) is 64.1 Å². The van der Waals surface area contributed by atoms with E-state index in [2.05, 4.69) is 15.9 Å². The van der Waals surface area contributed by atoms with Crippen molar-refractivity contribution in [2.24, 2.45) is 0 Å². The van der Waals surface area contributed by atoms with Crippen molar-refractivity contribution in [3.63, 3.8) is 0 Å². The minimum absolute atomic E-state index is 0.197. The molecule has 2 aromatic rings. The van der Waals surface area contributed by atoms with E-state index in [-0.39, 0.29) is 12.3 Å². The second-order valence-corrected chi connectivity index (χ2v) is 11.0. The molecule has 0 bridgehead atoms. The molecule has 5 rings (SSSR count). The lowest BCUT2D eigenvalue weighted by Gasteiger charge is -2.34. The second-order valence-electron chi connectivity index (χ2n) is 10.0. The van der Waals surface area contributed by atoms with Crippen molar-refractivity contribution in [3.8, 4) is 0 Å². The number of carbonyl (C=O) groups is 4. The van der Waals surface area contributed by atoms with Crippen LogP contribution in [0.15, 0.2) is 53.0 Å². The van der Waals surface area contributed by atoms with Crippen LogP contribution in [0.5, 0.6) is 0 Å². The van der Waals surface area contributed by atoms with E-state index in [4.69, 9.17) is 9.47 Å². The van der Waals surface area contributed by atoms with Gasteiger partial charge in [0.1, 0.15) is 11.0 Å². The number of para-hydroxylation sites is 1. The smallest absolute Gasteiger partial charge is 0.421 e. The lowest BCUT2D eigenvalue weighted by atomic mass is 9.68. The Bertz CT molecular complexity index is 1270. The van der Waals surface area contributed by atoms with Crippen LogP contribution in [0.2, 0.25) is 0 Å². The van der Waals surface area contributed by atoms with Crippen LogP contribution in [0.4, 0.5) is 10.5 Å². The van der Waals surface area contributed by atoms with E-state index in [1.165, 1.54) is 12.1 Å². The van der Waals surface area contributed by atoms with Gasteiger partial charge in [0.15, 0.2) is 6.04 Å². The average molecular weight is 556 g/mol. The number of fused-ring (bicyclic) bond motifs is 3. The zero-order valence-corrected chi connectivity index (χ0v) is 21.9. The van der Waals surface area contributed by atoms with Gasteiger partial charge in [0, 0.05) is 17.4 Å². The number of anilines is 1. The molecule has 2 aromatic carbocycles. The molecule has 0 aromatic heterocycles. The third-order valence-corrected chi connectivity index (χ3v) is 7.35. The fourth-order valence-corrected chi connectivity index (χ4v) is 5.89. The van der Waals surface area contributed by atoms with Crippen LogP contribution < -0.4 is 4.90 Å². The molecule has 3 aliphatic rings. The highest BCUT2D eigenvalue weighted by atomic mass is 79.9. The Morgan fingerprint density at radius 1 is 1.06 bits per heavy atom. The minimum atomic E-state index is -1.63. The van der Waals surface area contributed by atoms with Gasteiger partial charge in [-0.05, 0) is 50.1 Å². The second kappa shape index (κ2) is 8.41. The number of rotatable bonds is 2. The molecule has 1 unspecified atom stereocenters. The Morgan fingerprint density at radius 3 is 2.36 bits per heavy atom. The summed E-state index contributed by atoms with van der Waals surface area (Å²) in [4.78, 5) is 55.5. The van der Waals surface area contributed by atoms with Crippen LogP contribution in [-0.2, 0) is 29.3 Å². The van der Waals surface area contributed by atoms with Gasteiger partial charge in [0.2, 0.25) is 5.91 Å². The number of esters is 1. The predicted octanol–water partition coefficient (Wildman–Crippen LogP) is 3.71. The number of hydrogen-bond acceptors (Lipinski definition) is 7. The quantitative estimate of drug-likeness (QED) is 0.521. The van der Waals surface area contributed by atoms with E-state index in [0.717, 1.165) is 14.9 Å². The molecule has 188 valence electrons. The Balaban J connectivity index is 1.80. The summed E-state index contributed by atoms with van der Waals surface area (Å²) in [5.74, 6) is -1.65. The molecule has 2 fully saturated rings. The number of ether oxygens (including phenoxy) is 2. The third kappa shape index (κ3) is 3.38. The summed E-state index contributed by atoms with van der Waals surface area (Å²) in [6.45, 7) is 5.46. The zero-order valence-electron chi connectivity index (χ0n) is 20.4. The Morgan fingerprint density at radius 2 is 1.72 bits per heavy atom. The first-order chi connectivity index (χ1) is 17.0. The Hall–Kier alpha value is -3.24. The highest BCUT2D eigenvalue weighted by Gasteiger charge is 2.74. The van der Waals surface area contributed by atoms with Crippen molar-refractivity contribution in [1.29, 1.82) is 0 Å². The van der Waals surface area contributed by atoms with E-state index in [9.17, 15) is 19.2 Å². The number of hydrogen-bond donors (Lipinski definition) is 0. The molecule has 3 amide bonds. The van der Waals surface area contributed by atoms with Gasteiger partial charge in [0.05, 0.1) is 18.8 Å². The van der Waals surface area contributed by atoms with Crippen LogP contribution in [0.25, 0.3) is 0 Å². The molecular weight excluding hydrogens is 530 g/mol. The zero-order chi connectivity index (χ0) is 26.0. The summed E-state index contributed by atoms with van der Waals surface area (Å²) in [7, 11) is 1.23. The molecule has 0 radical (unpaired) electrons. The van der Waals surface area contributed by atoms with Gasteiger partial charge in [-0.1, -0.05) is 46.3 Å². The first kappa shape index (κ1) is 24.5. The van der Waals surface area contributed by atoms with Crippen LogP contribution in [0, 0.1) is 0 Å². The lowest BCUT2D eigenvalue weighted by Crippen LogP contribution is -2.57. The summed E-state index contributed by atoms with van der Waals surface area (Å²) in [6, 6.07) is 12.2. The number of amides is 3. The molecule has 9 nitrogen and oxygen atoms in total. The highest BCUT2D eigenvalue weighted by molar-refractivity contribution is 9.10. The number of benzene rings is 2. The van der Waals surface area contributed by atoms with Crippen LogP contribution in [0.3, 0.4) is 0 Å². The van der Waals surface area contributed by atoms with Crippen LogP contribution in [0.1, 0.15) is 44.4 Å². The molecule has 10 heteroatoms. The van der Waals surface area contributed by atoms with Gasteiger partial charge in [-0.3, -0.25) is 14.6 Å². The number of halogens is 1. The van der Waals surface area contributed by atoms with E-state index < -0.39 is 41.1 Å². The maximum atomic E-state index is 14.6. The Labute approximate surface area is 217 Å². The molecule has 3 atom stereocenters. The fourth-order valence-electron chi connectivity index (χ4n) is 5.62. The van der Waals surface area contributed by atoms with Gasteiger partial charge in [0.25, 0.3) is 5.91 Å². The molecular formula is C26H26BrN3O6. The number of carbonyl (C=O) groups excluding carboxylic acids is 4. The largest absolute Gasteiger partial charge is 0.467 e. The van der Waals surface area contributed by atoms with Crippen LogP contribution in [-0.4, -0.2) is 59.2 Å². The van der Waals surface area contributed by atoms with E-state index in [1.54, 1.807) is 50.0 Å². The molecule has 0 aliphatic carbocycles. The van der Waals surface area contributed by atoms with E-state index in [1.807, 2.05) is 24.3 Å². The van der Waals surface area contributed by atoms with Crippen LogP contribution >= 0.6 is 15.9 Å². The molecule has 3 heterocycles.